The van der Waals surface area contributed by atoms with Crippen molar-refractivity contribution in [3.8, 4) is 170 Å². The lowest BCUT2D eigenvalue weighted by molar-refractivity contribution is 0.436. The average molecular weight is 1450 g/mol. The maximum absolute atomic E-state index is 11.2. The molecule has 0 fully saturated rings. The first kappa shape index (κ1) is 65.6. The van der Waals surface area contributed by atoms with Gasteiger partial charge in [0.2, 0.25) is 0 Å². The minimum Gasteiger partial charge on any atom is -0.457 e. The molecular weight excluding hydrogens is 1390 g/mol. The number of hydrogen-bond donors (Lipinski definition) is 0. The second kappa shape index (κ2) is 26.1. The molecule has 528 valence electrons. The molecule has 4 aliphatic rings. The number of nitriles is 2. The average Bonchev–Trinajstić information content (AvgIpc) is 1.50. The summed E-state index contributed by atoms with van der Waals surface area (Å²) in [7, 11) is 0. The molecule has 0 radical (unpaired) electrons. The number of ether oxygens (including phenoxy) is 2. The second-order valence-corrected chi connectivity index (χ2v) is 29.7. The van der Waals surface area contributed by atoms with Gasteiger partial charge in [0, 0.05) is 61.2 Å². The lowest BCUT2D eigenvalue weighted by Crippen LogP contribution is -2.32. The van der Waals surface area contributed by atoms with E-state index in [1.54, 1.807) is 0 Å². The van der Waals surface area contributed by atoms with Crippen LogP contribution in [0, 0.1) is 22.7 Å². The first-order chi connectivity index (χ1) is 56.3. The summed E-state index contributed by atoms with van der Waals surface area (Å²) in [6, 6.07) is 136. The van der Waals surface area contributed by atoms with Gasteiger partial charge in [-0.15, -0.1) is 0 Å². The molecule has 0 amide bonds. The largest absolute Gasteiger partial charge is 0.457 e. The third-order valence-electron chi connectivity index (χ3n) is 23.5. The number of hydrogen-bond acceptors (Lipinski definition) is 8. The maximum atomic E-state index is 11.2. The topological polar surface area (TPSA) is 118 Å². The summed E-state index contributed by atoms with van der Waals surface area (Å²) in [6.45, 7) is 0. The van der Waals surface area contributed by atoms with Gasteiger partial charge in [-0.2, -0.15) is 10.5 Å². The quantitative estimate of drug-likeness (QED) is 0.133. The minimum atomic E-state index is -0.771. The molecule has 0 atom stereocenters. The fourth-order valence-electron chi connectivity index (χ4n) is 18.3. The Morgan fingerprint density at radius 3 is 1.10 bits per heavy atom. The van der Waals surface area contributed by atoms with Crippen molar-refractivity contribution in [1.82, 2.24) is 19.9 Å². The normalized spacial score (nSPS) is 13.0. The van der Waals surface area contributed by atoms with Crippen molar-refractivity contribution in [2.24, 2.45) is 0 Å². The van der Waals surface area contributed by atoms with Crippen LogP contribution in [0.1, 0.15) is 55.6 Å². The van der Waals surface area contributed by atoms with Crippen LogP contribution in [0.15, 0.2) is 376 Å². The molecule has 114 heavy (non-hydrogen) atoms. The molecule has 8 nitrogen and oxygen atoms in total. The van der Waals surface area contributed by atoms with Crippen molar-refractivity contribution >= 4 is 10.8 Å². The van der Waals surface area contributed by atoms with E-state index in [1.165, 1.54) is 44.5 Å². The van der Waals surface area contributed by atoms with Gasteiger partial charge in [-0.1, -0.05) is 297 Å². The van der Waals surface area contributed by atoms with Gasteiger partial charge < -0.3 is 9.47 Å². The predicted molar refractivity (Wildman–Crippen MR) is 454 cm³/mol. The van der Waals surface area contributed by atoms with Crippen LogP contribution >= 0.6 is 0 Å². The predicted octanol–water partition coefficient (Wildman–Crippen LogP) is 25.8. The molecule has 0 bridgehead atoms. The summed E-state index contributed by atoms with van der Waals surface area (Å²) >= 11 is 0. The fraction of sp³-hybridized carbons (Fsp3) is 0.0189. The van der Waals surface area contributed by atoms with E-state index in [0.717, 1.165) is 139 Å². The van der Waals surface area contributed by atoms with E-state index in [4.69, 9.17) is 29.4 Å². The van der Waals surface area contributed by atoms with Gasteiger partial charge in [-0.3, -0.25) is 0 Å². The van der Waals surface area contributed by atoms with Crippen LogP contribution in [-0.2, 0) is 10.8 Å². The summed E-state index contributed by atoms with van der Waals surface area (Å²) in [5.41, 5.74) is 29.0. The van der Waals surface area contributed by atoms with Gasteiger partial charge in [0.05, 0.1) is 56.9 Å². The molecule has 2 spiro atoms. The molecule has 16 aromatic carbocycles. The van der Waals surface area contributed by atoms with Gasteiger partial charge in [-0.05, 0) is 173 Å². The SMILES string of the molecule is N#Cc1cccc(-c2ccc3c(c2)Oc2cc(-c4nc(-c5cccc(-c6ccccc6)c5)cc(-c5cccc(-c6ccc(C#N)c(-c7ccc8c(c7)Oc7cc(-c9cc(-c%10ccc%11ccccc%11c%10)nc(-c%10ccccc%10)n9)ccc7C87c8ccccc8-c8ccccc87)c6)c5)n4)ccc2C32c3ccccc3-c3ccccc32)c1. The summed E-state index contributed by atoms with van der Waals surface area (Å²) < 4.78 is 14.7. The molecule has 4 heterocycles. The molecule has 0 N–H and O–H groups in total. The van der Waals surface area contributed by atoms with E-state index in [-0.39, 0.29) is 0 Å². The zero-order valence-corrected chi connectivity index (χ0v) is 61.3. The molecule has 0 unspecified atom stereocenters. The van der Waals surface area contributed by atoms with E-state index in [9.17, 15) is 10.5 Å². The zero-order valence-electron chi connectivity index (χ0n) is 61.3. The van der Waals surface area contributed by atoms with Gasteiger partial charge in [0.25, 0.3) is 0 Å². The first-order valence-electron chi connectivity index (χ1n) is 38.3. The standard InChI is InChI=1S/C106H62N6O2/c107-63-65-20-17-27-69(52-65)74-44-48-91-99(57-74)113-102-60-80(47-51-94(102)105(91)87-36-13-9-32-82(87)83-33-10-14-37-88(83)105)104-111-95(76-30-18-28-71(53-76)66-21-3-1-4-22-66)61-96(112-104)77-31-19-29-72(55-77)73-41-43-81(64-108)86(56-73)75-45-49-92-100(58-75)114-101-59-79(46-50-93(101)106(92)89-38-15-11-34-84(89)85-35-12-16-39-90(85)106)98-62-97(109-103(110-98)68-24-5-2-6-25-68)78-42-40-67-23-7-8-26-70(67)54-78/h1-62H. The Morgan fingerprint density at radius 1 is 0.211 bits per heavy atom. The zero-order chi connectivity index (χ0) is 75.6. The lowest BCUT2D eigenvalue weighted by Gasteiger charge is -2.39. The molecule has 2 aliphatic heterocycles. The van der Waals surface area contributed by atoms with Crippen molar-refractivity contribution < 1.29 is 9.47 Å². The highest BCUT2D eigenvalue weighted by atomic mass is 16.5. The molecular formula is C106H62N6O2. The van der Waals surface area contributed by atoms with E-state index < -0.39 is 10.8 Å². The first-order valence-corrected chi connectivity index (χ1v) is 38.3. The molecule has 0 saturated carbocycles. The molecule has 2 aliphatic carbocycles. The second-order valence-electron chi connectivity index (χ2n) is 29.7. The minimum absolute atomic E-state index is 0.524. The van der Waals surface area contributed by atoms with E-state index in [2.05, 4.69) is 328 Å². The van der Waals surface area contributed by atoms with Crippen LogP contribution < -0.4 is 9.47 Å². The van der Waals surface area contributed by atoms with E-state index in [0.29, 0.717) is 40.0 Å². The molecule has 0 saturated heterocycles. The van der Waals surface area contributed by atoms with E-state index in [1.807, 2.05) is 60.7 Å². The molecule has 8 heteroatoms. The summed E-state index contributed by atoms with van der Waals surface area (Å²) in [6.07, 6.45) is 0. The third-order valence-corrected chi connectivity index (χ3v) is 23.5. The van der Waals surface area contributed by atoms with Gasteiger partial charge in [0.15, 0.2) is 11.6 Å². The Hall–Kier alpha value is -15.5. The van der Waals surface area contributed by atoms with Gasteiger partial charge >= 0.3 is 0 Å². The Balaban J connectivity index is 0.668. The fourth-order valence-corrected chi connectivity index (χ4v) is 18.3. The van der Waals surface area contributed by atoms with Crippen molar-refractivity contribution in [3.05, 3.63) is 432 Å². The number of fused-ring (bicyclic) bond motifs is 19. The van der Waals surface area contributed by atoms with Gasteiger partial charge in [-0.25, -0.2) is 19.9 Å². The Labute approximate surface area is 658 Å². The number of benzene rings is 16. The van der Waals surface area contributed by atoms with Gasteiger partial charge in [0.1, 0.15) is 23.0 Å². The highest BCUT2D eigenvalue weighted by Gasteiger charge is 2.53. The molecule has 18 aromatic rings. The van der Waals surface area contributed by atoms with Crippen LogP contribution in [0.25, 0.3) is 145 Å². The molecule has 2 aromatic heterocycles. The molecule has 22 rings (SSSR count). The summed E-state index contributed by atoms with van der Waals surface area (Å²) in [4.78, 5) is 21.6. The highest BCUT2D eigenvalue weighted by molar-refractivity contribution is 5.94. The van der Waals surface area contributed by atoms with Crippen LogP contribution in [0.2, 0.25) is 0 Å². The highest BCUT2D eigenvalue weighted by Crippen LogP contribution is 2.65. The summed E-state index contributed by atoms with van der Waals surface area (Å²) in [5, 5.41) is 23.5. The van der Waals surface area contributed by atoms with Crippen molar-refractivity contribution in [2.45, 2.75) is 10.8 Å². The lowest BCUT2D eigenvalue weighted by atomic mass is 9.65. The van der Waals surface area contributed by atoms with Crippen molar-refractivity contribution in [3.63, 3.8) is 0 Å². The van der Waals surface area contributed by atoms with E-state index >= 15 is 0 Å². The third kappa shape index (κ3) is 10.4. The number of rotatable bonds is 10. The monoisotopic (exact) mass is 1450 g/mol. The Kier molecular flexibility index (Phi) is 15.0. The van der Waals surface area contributed by atoms with Crippen LogP contribution in [-0.4, -0.2) is 19.9 Å². The van der Waals surface area contributed by atoms with Crippen LogP contribution in [0.4, 0.5) is 0 Å². The number of aromatic nitrogens is 4. The van der Waals surface area contributed by atoms with Crippen molar-refractivity contribution in [2.75, 3.05) is 0 Å². The van der Waals surface area contributed by atoms with Crippen molar-refractivity contribution in [1.29, 1.82) is 10.5 Å². The maximum Gasteiger partial charge on any atom is 0.160 e. The Bertz CT molecular complexity index is 7080. The van der Waals surface area contributed by atoms with Crippen LogP contribution in [0.3, 0.4) is 0 Å². The smallest absolute Gasteiger partial charge is 0.160 e. The van der Waals surface area contributed by atoms with Crippen LogP contribution in [0.5, 0.6) is 23.0 Å². The number of nitrogens with zero attached hydrogens (tertiary/aromatic N) is 6. The summed E-state index contributed by atoms with van der Waals surface area (Å²) in [5.74, 6) is 3.96. The Morgan fingerprint density at radius 2 is 0.561 bits per heavy atom.